The van der Waals surface area contributed by atoms with Gasteiger partial charge in [0.15, 0.2) is 0 Å². The molecule has 0 aromatic carbocycles. The van der Waals surface area contributed by atoms with E-state index in [2.05, 4.69) is 12.6 Å². The molecule has 0 atom stereocenters. The maximum atomic E-state index is 3.79. The summed E-state index contributed by atoms with van der Waals surface area (Å²) in [5.41, 5.74) is 0. The SMILES string of the molecule is CCS.[Pt]. The zero-order valence-corrected chi connectivity index (χ0v) is 5.64. The molecule has 0 aliphatic carbocycles. The summed E-state index contributed by atoms with van der Waals surface area (Å²) >= 11 is 3.79. The first-order chi connectivity index (χ1) is 1.41. The van der Waals surface area contributed by atoms with Crippen molar-refractivity contribution in [2.24, 2.45) is 0 Å². The van der Waals surface area contributed by atoms with Crippen molar-refractivity contribution in [1.29, 1.82) is 0 Å². The van der Waals surface area contributed by atoms with E-state index >= 15 is 0 Å². The van der Waals surface area contributed by atoms with E-state index in [0.717, 1.165) is 5.75 Å². The Hall–Kier alpha value is 1.04. The average Bonchev–Trinajstić information content (AvgIpc) is 0.918. The van der Waals surface area contributed by atoms with E-state index in [4.69, 9.17) is 0 Å². The van der Waals surface area contributed by atoms with Gasteiger partial charge in [0, 0.05) is 21.1 Å². The van der Waals surface area contributed by atoms with Crippen LogP contribution < -0.4 is 0 Å². The third kappa shape index (κ3) is 11.7. The molecule has 0 bridgehead atoms. The van der Waals surface area contributed by atoms with E-state index < -0.39 is 0 Å². The predicted molar refractivity (Wildman–Crippen MR) is 19.5 cm³/mol. The van der Waals surface area contributed by atoms with Crippen molar-refractivity contribution in [3.8, 4) is 0 Å². The van der Waals surface area contributed by atoms with Crippen LogP contribution in [0.25, 0.3) is 0 Å². The average molecular weight is 257 g/mol. The molecular weight excluding hydrogens is 251 g/mol. The minimum Gasteiger partial charge on any atom is -0.180 e. The summed E-state index contributed by atoms with van der Waals surface area (Å²) in [6, 6.07) is 0. The Balaban J connectivity index is 0. The van der Waals surface area contributed by atoms with Crippen LogP contribution in [0.5, 0.6) is 0 Å². The molecule has 0 N–H and O–H groups in total. The molecule has 0 saturated heterocycles. The summed E-state index contributed by atoms with van der Waals surface area (Å²) in [5.74, 6) is 0.944. The van der Waals surface area contributed by atoms with Crippen LogP contribution in [-0.2, 0) is 21.1 Å². The molecule has 0 unspecified atom stereocenters. The second-order valence-corrected chi connectivity index (χ2v) is 0.949. The van der Waals surface area contributed by atoms with Gasteiger partial charge in [0.25, 0.3) is 0 Å². The van der Waals surface area contributed by atoms with Crippen molar-refractivity contribution in [2.45, 2.75) is 6.92 Å². The van der Waals surface area contributed by atoms with Crippen molar-refractivity contribution in [3.05, 3.63) is 0 Å². The predicted octanol–water partition coefficient (Wildman–Crippen LogP) is 0.934. The molecule has 0 nitrogen and oxygen atoms in total. The first-order valence-electron chi connectivity index (χ1n) is 1.02. The topological polar surface area (TPSA) is 0 Å². The van der Waals surface area contributed by atoms with Gasteiger partial charge < -0.3 is 0 Å². The number of rotatable bonds is 0. The third-order valence-corrected chi connectivity index (χ3v) is 0. The first kappa shape index (κ1) is 8.90. The van der Waals surface area contributed by atoms with Gasteiger partial charge in [-0.05, 0) is 5.75 Å². The smallest absolute Gasteiger partial charge is 0 e. The molecule has 4 heavy (non-hydrogen) atoms. The Morgan fingerprint density at radius 2 is 1.75 bits per heavy atom. The Morgan fingerprint density at radius 1 is 1.75 bits per heavy atom. The molecule has 0 spiro atoms. The van der Waals surface area contributed by atoms with Gasteiger partial charge in [-0.2, -0.15) is 12.6 Å². The zero-order chi connectivity index (χ0) is 2.71. The van der Waals surface area contributed by atoms with Crippen LogP contribution in [-0.4, -0.2) is 5.75 Å². The molecule has 0 fully saturated rings. The fraction of sp³-hybridized carbons (Fsp3) is 1.00. The molecule has 0 amide bonds. The van der Waals surface area contributed by atoms with Gasteiger partial charge in [0.1, 0.15) is 0 Å². The van der Waals surface area contributed by atoms with Crippen molar-refractivity contribution in [2.75, 3.05) is 5.75 Å². The Morgan fingerprint density at radius 3 is 1.75 bits per heavy atom. The van der Waals surface area contributed by atoms with Crippen molar-refractivity contribution in [3.63, 3.8) is 0 Å². The summed E-state index contributed by atoms with van der Waals surface area (Å²) in [5, 5.41) is 0. The van der Waals surface area contributed by atoms with Crippen molar-refractivity contribution < 1.29 is 21.1 Å². The van der Waals surface area contributed by atoms with E-state index in [1.54, 1.807) is 0 Å². The first-order valence-corrected chi connectivity index (χ1v) is 1.66. The summed E-state index contributed by atoms with van der Waals surface area (Å²) < 4.78 is 0. The summed E-state index contributed by atoms with van der Waals surface area (Å²) in [6.45, 7) is 1.99. The maximum Gasteiger partial charge on any atom is 0 e. The van der Waals surface area contributed by atoms with Crippen molar-refractivity contribution >= 4 is 12.6 Å². The Kier molecular flexibility index (Phi) is 20.0. The minimum atomic E-state index is 0. The molecule has 30 valence electrons. The van der Waals surface area contributed by atoms with Crippen LogP contribution in [0.4, 0.5) is 0 Å². The van der Waals surface area contributed by atoms with E-state index in [1.807, 2.05) is 6.92 Å². The van der Waals surface area contributed by atoms with Crippen LogP contribution in [0, 0.1) is 0 Å². The zero-order valence-electron chi connectivity index (χ0n) is 2.47. The van der Waals surface area contributed by atoms with Crippen molar-refractivity contribution in [1.82, 2.24) is 0 Å². The van der Waals surface area contributed by atoms with Gasteiger partial charge >= 0.3 is 0 Å². The molecule has 2 heteroatoms. The fourth-order valence-corrected chi connectivity index (χ4v) is 0. The molecule has 0 aromatic heterocycles. The van der Waals surface area contributed by atoms with Crippen LogP contribution >= 0.6 is 12.6 Å². The third-order valence-electron chi connectivity index (χ3n) is 0. The molecule has 0 aromatic rings. The summed E-state index contributed by atoms with van der Waals surface area (Å²) in [4.78, 5) is 0. The van der Waals surface area contributed by atoms with Gasteiger partial charge in [-0.15, -0.1) is 0 Å². The van der Waals surface area contributed by atoms with E-state index in [9.17, 15) is 0 Å². The quantitative estimate of drug-likeness (QED) is 0.613. The molecule has 0 saturated carbocycles. The molecule has 0 heterocycles. The monoisotopic (exact) mass is 257 g/mol. The van der Waals surface area contributed by atoms with E-state index in [1.165, 1.54) is 0 Å². The van der Waals surface area contributed by atoms with Crippen LogP contribution in [0.1, 0.15) is 6.92 Å². The Labute approximate surface area is 46.6 Å². The van der Waals surface area contributed by atoms with Crippen LogP contribution in [0.3, 0.4) is 0 Å². The fourth-order valence-electron chi connectivity index (χ4n) is 0. The molecule has 0 rings (SSSR count). The van der Waals surface area contributed by atoms with Gasteiger partial charge in [-0.25, -0.2) is 0 Å². The second-order valence-electron chi connectivity index (χ2n) is 0.316. The van der Waals surface area contributed by atoms with Gasteiger partial charge in [0.2, 0.25) is 0 Å². The van der Waals surface area contributed by atoms with E-state index in [-0.39, 0.29) is 21.1 Å². The van der Waals surface area contributed by atoms with Crippen LogP contribution in [0.2, 0.25) is 0 Å². The van der Waals surface area contributed by atoms with Crippen LogP contribution in [0.15, 0.2) is 0 Å². The van der Waals surface area contributed by atoms with Gasteiger partial charge in [-0.3, -0.25) is 0 Å². The van der Waals surface area contributed by atoms with E-state index in [0.29, 0.717) is 0 Å². The molecule has 0 radical (unpaired) electrons. The maximum absolute atomic E-state index is 3.79. The summed E-state index contributed by atoms with van der Waals surface area (Å²) in [7, 11) is 0. The largest absolute Gasteiger partial charge is 0.180 e. The molecular formula is C2H6PtS. The standard InChI is InChI=1S/C2H6S.Pt/c1-2-3;/h3H,2H2,1H3;. The Bertz CT molecular complexity index is 6.00. The van der Waals surface area contributed by atoms with Gasteiger partial charge in [0.05, 0.1) is 0 Å². The molecule has 0 aliphatic heterocycles. The number of thiol groups is 1. The summed E-state index contributed by atoms with van der Waals surface area (Å²) in [6.07, 6.45) is 0. The number of hydrogen-bond acceptors (Lipinski definition) is 1. The number of hydrogen-bond donors (Lipinski definition) is 1. The second kappa shape index (κ2) is 8.97. The minimum absolute atomic E-state index is 0. The normalized spacial score (nSPS) is 4.50. The van der Waals surface area contributed by atoms with Gasteiger partial charge in [-0.1, -0.05) is 6.92 Å². The molecule has 0 aliphatic rings.